The molecule has 0 aliphatic carbocycles. The first kappa shape index (κ1) is 23.2. The largest absolute Gasteiger partial charge is 0.497 e. The van der Waals surface area contributed by atoms with E-state index in [4.69, 9.17) is 4.74 Å². The maximum atomic E-state index is 13.2. The van der Waals surface area contributed by atoms with Crippen LogP contribution in [-0.2, 0) is 16.4 Å². The van der Waals surface area contributed by atoms with Crippen LogP contribution in [0.2, 0.25) is 0 Å². The van der Waals surface area contributed by atoms with E-state index >= 15 is 0 Å². The lowest BCUT2D eigenvalue weighted by Crippen LogP contribution is -2.48. The van der Waals surface area contributed by atoms with Crippen LogP contribution in [-0.4, -0.2) is 59.1 Å². The number of ether oxygens (including phenoxy) is 1. The van der Waals surface area contributed by atoms with Gasteiger partial charge in [-0.25, -0.2) is 8.42 Å². The quantitative estimate of drug-likeness (QED) is 0.544. The molecule has 5 rings (SSSR count). The molecule has 0 unspecified atom stereocenters. The maximum absolute atomic E-state index is 13.2. The van der Waals surface area contributed by atoms with Gasteiger partial charge in [0.15, 0.2) is 0 Å². The minimum absolute atomic E-state index is 0.0120. The molecule has 0 atom stereocenters. The van der Waals surface area contributed by atoms with Crippen LogP contribution < -0.4 is 13.9 Å². The standard InChI is InChI=1S/C27H29N3O4S/c1-20-3-10-25(11-4-20)35(32,33)30-14-13-21-19-22(5-12-26(21)30)27(31)29-17-15-28(16-18-29)23-6-8-24(34-2)9-7-23/h3-12,19H,13-18H2,1-2H3. The Morgan fingerprint density at radius 2 is 1.54 bits per heavy atom. The summed E-state index contributed by atoms with van der Waals surface area (Å²) in [5.41, 5.74) is 4.29. The third-order valence-electron chi connectivity index (χ3n) is 6.79. The van der Waals surface area contributed by atoms with Gasteiger partial charge in [0, 0.05) is 44.0 Å². The topological polar surface area (TPSA) is 70.2 Å². The Kier molecular flexibility index (Phi) is 6.15. The Hall–Kier alpha value is -3.52. The molecule has 182 valence electrons. The third kappa shape index (κ3) is 4.46. The van der Waals surface area contributed by atoms with Crippen LogP contribution in [0.25, 0.3) is 0 Å². The fourth-order valence-corrected chi connectivity index (χ4v) is 6.24. The molecule has 3 aromatic rings. The van der Waals surface area contributed by atoms with Crippen LogP contribution in [0.3, 0.4) is 0 Å². The number of rotatable bonds is 5. The second kappa shape index (κ2) is 9.26. The van der Waals surface area contributed by atoms with Gasteiger partial charge in [-0.3, -0.25) is 9.10 Å². The summed E-state index contributed by atoms with van der Waals surface area (Å²) in [6, 6.07) is 20.2. The minimum Gasteiger partial charge on any atom is -0.497 e. The molecule has 1 fully saturated rings. The van der Waals surface area contributed by atoms with E-state index in [1.165, 1.54) is 4.31 Å². The molecule has 1 amide bonds. The van der Waals surface area contributed by atoms with Crippen molar-refractivity contribution in [2.24, 2.45) is 0 Å². The molecule has 0 saturated carbocycles. The zero-order chi connectivity index (χ0) is 24.6. The van der Waals surface area contributed by atoms with Crippen molar-refractivity contribution in [3.8, 4) is 5.75 Å². The van der Waals surface area contributed by atoms with Gasteiger partial charge in [0.2, 0.25) is 0 Å². The van der Waals surface area contributed by atoms with E-state index in [-0.39, 0.29) is 10.8 Å². The number of hydrogen-bond acceptors (Lipinski definition) is 5. The highest BCUT2D eigenvalue weighted by atomic mass is 32.2. The van der Waals surface area contributed by atoms with Gasteiger partial charge in [0.1, 0.15) is 5.75 Å². The van der Waals surface area contributed by atoms with Crippen molar-refractivity contribution in [1.82, 2.24) is 4.90 Å². The summed E-state index contributed by atoms with van der Waals surface area (Å²) in [7, 11) is -1.98. The van der Waals surface area contributed by atoms with Gasteiger partial charge >= 0.3 is 0 Å². The summed E-state index contributed by atoms with van der Waals surface area (Å²) in [5, 5.41) is 0. The molecule has 3 aromatic carbocycles. The van der Waals surface area contributed by atoms with Gasteiger partial charge < -0.3 is 14.5 Å². The van der Waals surface area contributed by atoms with Crippen LogP contribution in [0.5, 0.6) is 5.75 Å². The second-order valence-electron chi connectivity index (χ2n) is 8.96. The van der Waals surface area contributed by atoms with Crippen molar-refractivity contribution in [2.45, 2.75) is 18.2 Å². The van der Waals surface area contributed by atoms with E-state index in [1.807, 2.05) is 42.2 Å². The van der Waals surface area contributed by atoms with Crippen molar-refractivity contribution in [1.29, 1.82) is 0 Å². The Bertz CT molecular complexity index is 1330. The molecule has 0 aromatic heterocycles. The van der Waals surface area contributed by atoms with Gasteiger partial charge in [0.25, 0.3) is 15.9 Å². The van der Waals surface area contributed by atoms with Crippen molar-refractivity contribution < 1.29 is 17.9 Å². The van der Waals surface area contributed by atoms with Gasteiger partial charge in [0.05, 0.1) is 17.7 Å². The lowest BCUT2D eigenvalue weighted by atomic mass is 10.1. The molecular weight excluding hydrogens is 462 g/mol. The van der Waals surface area contributed by atoms with E-state index in [0.717, 1.165) is 35.7 Å². The highest BCUT2D eigenvalue weighted by molar-refractivity contribution is 7.92. The number of carbonyl (C=O) groups excluding carboxylic acids is 1. The van der Waals surface area contributed by atoms with Gasteiger partial charge in [-0.1, -0.05) is 17.7 Å². The Morgan fingerprint density at radius 3 is 2.20 bits per heavy atom. The molecule has 8 heteroatoms. The smallest absolute Gasteiger partial charge is 0.264 e. The first-order chi connectivity index (χ1) is 16.9. The zero-order valence-corrected chi connectivity index (χ0v) is 20.8. The number of carbonyl (C=O) groups is 1. The number of sulfonamides is 1. The molecule has 2 aliphatic rings. The molecule has 1 saturated heterocycles. The van der Waals surface area contributed by atoms with E-state index in [2.05, 4.69) is 4.90 Å². The number of hydrogen-bond donors (Lipinski definition) is 0. The van der Waals surface area contributed by atoms with Crippen molar-refractivity contribution >= 4 is 27.3 Å². The summed E-state index contributed by atoms with van der Waals surface area (Å²) in [4.78, 5) is 17.6. The first-order valence-electron chi connectivity index (χ1n) is 11.8. The zero-order valence-electron chi connectivity index (χ0n) is 20.0. The molecular formula is C27H29N3O4S. The van der Waals surface area contributed by atoms with Crippen LogP contribution >= 0.6 is 0 Å². The fourth-order valence-electron chi connectivity index (χ4n) is 4.74. The van der Waals surface area contributed by atoms with Gasteiger partial charge in [-0.15, -0.1) is 0 Å². The first-order valence-corrected chi connectivity index (χ1v) is 13.2. The monoisotopic (exact) mass is 491 g/mol. The molecule has 0 N–H and O–H groups in total. The number of nitrogens with zero attached hydrogens (tertiary/aromatic N) is 3. The Labute approximate surface area is 206 Å². The van der Waals surface area contributed by atoms with Gasteiger partial charge in [-0.2, -0.15) is 0 Å². The average molecular weight is 492 g/mol. The summed E-state index contributed by atoms with van der Waals surface area (Å²) < 4.78 is 33.1. The molecule has 0 bridgehead atoms. The highest BCUT2D eigenvalue weighted by Crippen LogP contribution is 2.34. The summed E-state index contributed by atoms with van der Waals surface area (Å²) in [6.07, 6.45) is 0.590. The van der Waals surface area contributed by atoms with Crippen LogP contribution in [0.4, 0.5) is 11.4 Å². The second-order valence-corrected chi connectivity index (χ2v) is 10.8. The molecule has 0 spiro atoms. The fraction of sp³-hybridized carbons (Fsp3) is 0.296. The summed E-state index contributed by atoms with van der Waals surface area (Å²) in [6.45, 7) is 5.09. The van der Waals surface area contributed by atoms with E-state index in [0.29, 0.717) is 37.3 Å². The normalized spacial score (nSPS) is 15.8. The van der Waals surface area contributed by atoms with Crippen LogP contribution in [0.1, 0.15) is 21.5 Å². The van der Waals surface area contributed by atoms with Crippen LogP contribution in [0.15, 0.2) is 71.6 Å². The predicted molar refractivity (Wildman–Crippen MR) is 137 cm³/mol. The van der Waals surface area contributed by atoms with E-state index < -0.39 is 10.0 Å². The Morgan fingerprint density at radius 1 is 0.857 bits per heavy atom. The minimum atomic E-state index is -3.63. The molecule has 7 nitrogen and oxygen atoms in total. The molecule has 0 radical (unpaired) electrons. The number of amides is 1. The van der Waals surface area contributed by atoms with Crippen molar-refractivity contribution in [3.63, 3.8) is 0 Å². The van der Waals surface area contributed by atoms with Crippen molar-refractivity contribution in [3.05, 3.63) is 83.4 Å². The molecule has 2 heterocycles. The number of anilines is 2. The summed E-state index contributed by atoms with van der Waals surface area (Å²) >= 11 is 0. The lowest BCUT2D eigenvalue weighted by molar-refractivity contribution is 0.0746. The number of piperazine rings is 1. The number of benzene rings is 3. The van der Waals surface area contributed by atoms with Crippen molar-refractivity contribution in [2.75, 3.05) is 49.0 Å². The number of methoxy groups -OCH3 is 1. The molecule has 35 heavy (non-hydrogen) atoms. The lowest BCUT2D eigenvalue weighted by Gasteiger charge is -2.36. The van der Waals surface area contributed by atoms with E-state index in [1.54, 1.807) is 43.5 Å². The van der Waals surface area contributed by atoms with E-state index in [9.17, 15) is 13.2 Å². The Balaban J connectivity index is 1.27. The van der Waals surface area contributed by atoms with Crippen LogP contribution in [0, 0.1) is 6.92 Å². The van der Waals surface area contributed by atoms with Gasteiger partial charge in [-0.05, 0) is 73.5 Å². The SMILES string of the molecule is COc1ccc(N2CCN(C(=O)c3ccc4c(c3)CCN4S(=O)(=O)c3ccc(C)cc3)CC2)cc1. The number of fused-ring (bicyclic) bond motifs is 1. The predicted octanol–water partition coefficient (Wildman–Crippen LogP) is 3.72. The highest BCUT2D eigenvalue weighted by Gasteiger charge is 2.32. The third-order valence-corrected chi connectivity index (χ3v) is 8.62. The summed E-state index contributed by atoms with van der Waals surface area (Å²) in [5.74, 6) is 0.812. The molecule has 2 aliphatic heterocycles. The number of aryl methyl sites for hydroxylation is 1. The maximum Gasteiger partial charge on any atom is 0.264 e. The average Bonchev–Trinajstić information content (AvgIpc) is 3.33.